The van der Waals surface area contributed by atoms with Gasteiger partial charge in [0, 0.05) is 44.0 Å². The topological polar surface area (TPSA) is 21.3 Å². The van der Waals surface area contributed by atoms with Gasteiger partial charge >= 0.3 is 0 Å². The van der Waals surface area contributed by atoms with E-state index < -0.39 is 0 Å². The van der Waals surface area contributed by atoms with Crippen LogP contribution in [-0.4, -0.2) is 4.57 Å². The van der Waals surface area contributed by atoms with Gasteiger partial charge in [0.25, 0.3) is 0 Å². The molecule has 2 aromatic heterocycles. The van der Waals surface area contributed by atoms with Gasteiger partial charge in [0.2, 0.25) is 0 Å². The zero-order valence-corrected chi connectivity index (χ0v) is 29.9. The van der Waals surface area contributed by atoms with Crippen LogP contribution in [0.1, 0.15) is 0 Å². The van der Waals surface area contributed by atoms with Crippen LogP contribution in [-0.2, 0) is 0 Å². The van der Waals surface area contributed by atoms with Gasteiger partial charge < -0.3 is 13.9 Å². The highest BCUT2D eigenvalue weighted by Crippen LogP contribution is 2.46. The summed E-state index contributed by atoms with van der Waals surface area (Å²) in [5.41, 5.74) is 13.1. The van der Waals surface area contributed by atoms with Crippen molar-refractivity contribution in [2.75, 3.05) is 4.90 Å². The fourth-order valence-electron chi connectivity index (χ4n) is 8.45. The molecule has 55 heavy (non-hydrogen) atoms. The third-order valence-corrected chi connectivity index (χ3v) is 11.0. The first-order chi connectivity index (χ1) is 27.3. The summed E-state index contributed by atoms with van der Waals surface area (Å²) in [7, 11) is 0. The van der Waals surface area contributed by atoms with Crippen LogP contribution in [0, 0.1) is 0 Å². The molecule has 0 radical (unpaired) electrons. The zero-order valence-electron chi connectivity index (χ0n) is 29.9. The van der Waals surface area contributed by atoms with Crippen LogP contribution in [0.5, 0.6) is 0 Å². The van der Waals surface area contributed by atoms with E-state index in [1.807, 2.05) is 0 Å². The minimum atomic E-state index is 0.853. The molecule has 0 unspecified atom stereocenters. The number of nitrogens with zero attached hydrogens (tertiary/aromatic N) is 2. The Morgan fingerprint density at radius 1 is 0.345 bits per heavy atom. The molecule has 0 fully saturated rings. The largest absolute Gasteiger partial charge is 0.453 e. The molecule has 0 aliphatic heterocycles. The molecule has 3 heteroatoms. The van der Waals surface area contributed by atoms with E-state index in [4.69, 9.17) is 4.42 Å². The lowest BCUT2D eigenvalue weighted by Crippen LogP contribution is -2.10. The van der Waals surface area contributed by atoms with Gasteiger partial charge in [-0.25, -0.2) is 0 Å². The number of furan rings is 1. The number of hydrogen-bond donors (Lipinski definition) is 0. The molecule has 0 saturated heterocycles. The first-order valence-electron chi connectivity index (χ1n) is 18.8. The Morgan fingerprint density at radius 2 is 0.836 bits per heavy atom. The number of benzene rings is 9. The van der Waals surface area contributed by atoms with E-state index in [-0.39, 0.29) is 0 Å². The molecule has 11 aromatic rings. The molecule has 11 rings (SSSR count). The smallest absolute Gasteiger partial charge is 0.159 e. The standard InChI is InChI=1S/C52H34N2O/c1-3-14-35(15-4-1)36-26-28-38(29-27-36)53(39-30-32-40(33-31-39)54-48-23-11-9-19-42(48)43-20-10-12-24-49(43)54)50-25-13-22-45-47-34-46(37-16-5-2-6-17-37)41-18-7-8-21-44(41)51(47)55-52(45)50/h1-34H. The Kier molecular flexibility index (Phi) is 7.17. The van der Waals surface area contributed by atoms with Crippen molar-refractivity contribution in [3.05, 3.63) is 206 Å². The lowest BCUT2D eigenvalue weighted by atomic mass is 9.95. The first-order valence-corrected chi connectivity index (χ1v) is 18.8. The quantitative estimate of drug-likeness (QED) is 0.172. The van der Waals surface area contributed by atoms with E-state index in [1.54, 1.807) is 0 Å². The normalized spacial score (nSPS) is 11.6. The van der Waals surface area contributed by atoms with Crippen LogP contribution in [0.2, 0.25) is 0 Å². The molecule has 2 heterocycles. The summed E-state index contributed by atoms with van der Waals surface area (Å²) in [4.78, 5) is 2.33. The first kappa shape index (κ1) is 31.2. The van der Waals surface area contributed by atoms with Crippen LogP contribution in [0.3, 0.4) is 0 Å². The molecular weight excluding hydrogens is 669 g/mol. The van der Waals surface area contributed by atoms with Crippen LogP contribution >= 0.6 is 0 Å². The molecule has 0 aliphatic carbocycles. The van der Waals surface area contributed by atoms with Crippen molar-refractivity contribution in [1.29, 1.82) is 0 Å². The monoisotopic (exact) mass is 702 g/mol. The Balaban J connectivity index is 1.12. The average molecular weight is 703 g/mol. The van der Waals surface area contributed by atoms with E-state index in [0.29, 0.717) is 0 Å². The van der Waals surface area contributed by atoms with Crippen LogP contribution in [0.15, 0.2) is 211 Å². The maximum absolute atomic E-state index is 7.04. The van der Waals surface area contributed by atoms with Gasteiger partial charge in [-0.2, -0.15) is 0 Å². The van der Waals surface area contributed by atoms with Gasteiger partial charge in [-0.3, -0.25) is 0 Å². The fourth-order valence-corrected chi connectivity index (χ4v) is 8.45. The summed E-state index contributed by atoms with van der Waals surface area (Å²) in [6.45, 7) is 0. The third kappa shape index (κ3) is 5.05. The van der Waals surface area contributed by atoms with Gasteiger partial charge in [-0.15, -0.1) is 0 Å². The fraction of sp³-hybridized carbons (Fsp3) is 0. The maximum Gasteiger partial charge on any atom is 0.159 e. The lowest BCUT2D eigenvalue weighted by molar-refractivity contribution is 0.673. The molecule has 0 aliphatic rings. The SMILES string of the molecule is c1ccc(-c2ccc(N(c3ccc(-n4c5ccccc5c5ccccc54)cc3)c3cccc4c3oc3c5ccccc5c(-c5ccccc5)cc43)cc2)cc1. The van der Waals surface area contributed by atoms with Gasteiger partial charge in [0.1, 0.15) is 5.58 Å². The van der Waals surface area contributed by atoms with Crippen molar-refractivity contribution in [1.82, 2.24) is 4.57 Å². The van der Waals surface area contributed by atoms with Crippen LogP contribution < -0.4 is 4.90 Å². The van der Waals surface area contributed by atoms with Crippen molar-refractivity contribution in [2.45, 2.75) is 0 Å². The molecule has 258 valence electrons. The van der Waals surface area contributed by atoms with Crippen LogP contribution in [0.4, 0.5) is 17.1 Å². The van der Waals surface area contributed by atoms with Gasteiger partial charge in [-0.05, 0) is 88.3 Å². The third-order valence-electron chi connectivity index (χ3n) is 11.0. The zero-order chi connectivity index (χ0) is 36.3. The minimum Gasteiger partial charge on any atom is -0.453 e. The molecule has 0 amide bonds. The van der Waals surface area contributed by atoms with E-state index in [2.05, 4.69) is 216 Å². The van der Waals surface area contributed by atoms with Crippen molar-refractivity contribution in [3.63, 3.8) is 0 Å². The molecule has 9 aromatic carbocycles. The molecule has 0 spiro atoms. The number of aromatic nitrogens is 1. The maximum atomic E-state index is 7.04. The number of hydrogen-bond acceptors (Lipinski definition) is 2. The van der Waals surface area contributed by atoms with Crippen molar-refractivity contribution >= 4 is 71.6 Å². The number of para-hydroxylation sites is 3. The summed E-state index contributed by atoms with van der Waals surface area (Å²) in [5, 5.41) is 6.98. The van der Waals surface area contributed by atoms with Crippen LogP contribution in [0.25, 0.3) is 82.5 Å². The Hall–Kier alpha value is -7.36. The molecular formula is C52H34N2O. The van der Waals surface area contributed by atoms with E-state index in [1.165, 1.54) is 49.4 Å². The molecule has 0 saturated carbocycles. The van der Waals surface area contributed by atoms with Crippen molar-refractivity contribution < 1.29 is 4.42 Å². The Bertz CT molecular complexity index is 3120. The Morgan fingerprint density at radius 3 is 1.49 bits per heavy atom. The summed E-state index contributed by atoms with van der Waals surface area (Å²) < 4.78 is 9.40. The molecule has 0 atom stereocenters. The molecule has 0 bridgehead atoms. The highest BCUT2D eigenvalue weighted by atomic mass is 16.3. The van der Waals surface area contributed by atoms with Gasteiger partial charge in [0.05, 0.1) is 16.7 Å². The van der Waals surface area contributed by atoms with Crippen molar-refractivity contribution in [2.24, 2.45) is 0 Å². The summed E-state index contributed by atoms with van der Waals surface area (Å²) in [5.74, 6) is 0. The van der Waals surface area contributed by atoms with E-state index in [0.717, 1.165) is 50.1 Å². The predicted molar refractivity (Wildman–Crippen MR) is 231 cm³/mol. The second-order valence-corrected chi connectivity index (χ2v) is 14.1. The molecule has 0 N–H and O–H groups in total. The summed E-state index contributed by atoms with van der Waals surface area (Å²) >= 11 is 0. The van der Waals surface area contributed by atoms with Gasteiger partial charge in [0.15, 0.2) is 5.58 Å². The number of fused-ring (bicyclic) bond motifs is 8. The highest BCUT2D eigenvalue weighted by Gasteiger charge is 2.22. The van der Waals surface area contributed by atoms with E-state index in [9.17, 15) is 0 Å². The lowest BCUT2D eigenvalue weighted by Gasteiger charge is -2.26. The van der Waals surface area contributed by atoms with Crippen molar-refractivity contribution in [3.8, 4) is 27.9 Å². The minimum absolute atomic E-state index is 0.853. The van der Waals surface area contributed by atoms with E-state index >= 15 is 0 Å². The number of rotatable bonds is 6. The second kappa shape index (κ2) is 12.6. The summed E-state index contributed by atoms with van der Waals surface area (Å²) in [6.07, 6.45) is 0. The predicted octanol–water partition coefficient (Wildman–Crippen LogP) is 14.6. The Labute approximate surface area is 318 Å². The average Bonchev–Trinajstić information content (AvgIpc) is 3.81. The molecule has 3 nitrogen and oxygen atoms in total. The van der Waals surface area contributed by atoms with Gasteiger partial charge in [-0.1, -0.05) is 146 Å². The summed E-state index contributed by atoms with van der Waals surface area (Å²) in [6, 6.07) is 73.7. The second-order valence-electron chi connectivity index (χ2n) is 14.1. The number of anilines is 3. The highest BCUT2D eigenvalue weighted by molar-refractivity contribution is 6.21.